The van der Waals surface area contributed by atoms with Gasteiger partial charge in [-0.1, -0.05) is 157 Å². The van der Waals surface area contributed by atoms with Gasteiger partial charge in [0.05, 0.1) is 6.61 Å². The molecule has 0 bridgehead atoms. The smallest absolute Gasteiger partial charge is 0.0681 e. The maximum Gasteiger partial charge on any atom is 0.0681 e. The molecule has 0 fully saturated rings. The minimum absolute atomic E-state index is 0.0219. The van der Waals surface area contributed by atoms with Gasteiger partial charge in [0.15, 0.2) is 0 Å². The summed E-state index contributed by atoms with van der Waals surface area (Å²) in [6.07, 6.45) is 41.3. The van der Waals surface area contributed by atoms with Crippen LogP contribution in [0.1, 0.15) is 81.6 Å². The predicted molar refractivity (Wildman–Crippen MR) is 185 cm³/mol. The van der Waals surface area contributed by atoms with E-state index in [1.165, 1.54) is 52.7 Å². The van der Waals surface area contributed by atoms with Crippen molar-refractivity contribution in [1.29, 1.82) is 0 Å². The Bertz CT molecular complexity index is 1240. The van der Waals surface area contributed by atoms with Gasteiger partial charge >= 0.3 is 0 Å². The Hall–Kier alpha value is -3.42. The second-order valence-corrected chi connectivity index (χ2v) is 11.9. The molecule has 0 atom stereocenters. The summed E-state index contributed by atoms with van der Waals surface area (Å²) in [6.45, 7) is 19.6. The molecule has 0 radical (unpaired) electrons. The molecule has 0 aliphatic heterocycles. The van der Waals surface area contributed by atoms with Crippen molar-refractivity contribution < 1.29 is 5.11 Å². The van der Waals surface area contributed by atoms with Gasteiger partial charge in [-0.3, -0.25) is 0 Å². The molecule has 0 aromatic rings. The monoisotopic (exact) mass is 550 g/mol. The molecule has 0 unspecified atom stereocenters. The molecule has 220 valence electrons. The number of hydrogen-bond donors (Lipinski definition) is 1. The van der Waals surface area contributed by atoms with Gasteiger partial charge in [-0.15, -0.1) is 0 Å². The van der Waals surface area contributed by atoms with Crippen LogP contribution < -0.4 is 0 Å². The zero-order chi connectivity index (χ0) is 30.7. The van der Waals surface area contributed by atoms with Gasteiger partial charge in [-0.2, -0.15) is 0 Å². The van der Waals surface area contributed by atoms with Gasteiger partial charge in [0, 0.05) is 0 Å². The van der Waals surface area contributed by atoms with Crippen LogP contribution in [0.2, 0.25) is 0 Å². The summed E-state index contributed by atoms with van der Waals surface area (Å²) >= 11 is 0. The lowest BCUT2D eigenvalue weighted by molar-refractivity contribution is 0.335. The average Bonchev–Trinajstić information content (AvgIpc) is 2.89. The number of allylic oxidation sites excluding steroid dienone is 24. The number of aliphatic hydroxyl groups is 1. The van der Waals surface area contributed by atoms with Crippen molar-refractivity contribution in [2.24, 2.45) is 5.41 Å². The maximum absolute atomic E-state index is 9.49. The standard InChI is InChI=1S/C40H54O/c1-32(2)17-12-26-38(31-41)27-15-24-35(5)22-13-20-33(3)18-10-11-19-34(4)21-14-23-36(6)28-29-39-37(7)25-16-30-40(39,8)9/h10-15,17-24,26-29,41H,16,25,30-31H2,1-9H3/b11-10+,20-13+,21-14+,24-15+,26-12?,29-28+,33-18+,34-19+,35-22+,36-23+,38-27-. The minimum Gasteiger partial charge on any atom is -0.392 e. The van der Waals surface area contributed by atoms with Crippen LogP contribution in [0, 0.1) is 5.41 Å². The van der Waals surface area contributed by atoms with Crippen LogP contribution in [0.5, 0.6) is 0 Å². The predicted octanol–water partition coefficient (Wildman–Crippen LogP) is 11.5. The lowest BCUT2D eigenvalue weighted by atomic mass is 9.72. The molecule has 0 amide bonds. The van der Waals surface area contributed by atoms with E-state index in [1.54, 1.807) is 0 Å². The van der Waals surface area contributed by atoms with Crippen molar-refractivity contribution in [3.63, 3.8) is 0 Å². The topological polar surface area (TPSA) is 20.2 Å². The van der Waals surface area contributed by atoms with Gasteiger partial charge < -0.3 is 5.11 Å². The van der Waals surface area contributed by atoms with Crippen LogP contribution in [0.25, 0.3) is 0 Å². The molecule has 0 heterocycles. The molecule has 0 aromatic carbocycles. The fraction of sp³-hybridized carbons (Fsp3) is 0.350. The lowest BCUT2D eigenvalue weighted by Crippen LogP contribution is -2.19. The van der Waals surface area contributed by atoms with Crippen LogP contribution in [-0.4, -0.2) is 11.7 Å². The third kappa shape index (κ3) is 16.4. The van der Waals surface area contributed by atoms with Crippen molar-refractivity contribution in [2.45, 2.75) is 81.6 Å². The summed E-state index contributed by atoms with van der Waals surface area (Å²) in [5, 5.41) is 9.49. The third-order valence-corrected chi connectivity index (χ3v) is 6.91. The largest absolute Gasteiger partial charge is 0.392 e. The second-order valence-electron chi connectivity index (χ2n) is 11.9. The minimum atomic E-state index is 0.0219. The quantitative estimate of drug-likeness (QED) is 0.226. The number of hydrogen-bond acceptors (Lipinski definition) is 1. The Kier molecular flexibility index (Phi) is 17.0. The molecule has 1 N–H and O–H groups in total. The summed E-state index contributed by atoms with van der Waals surface area (Å²) in [5.41, 5.74) is 10.2. The first kappa shape index (κ1) is 35.6. The van der Waals surface area contributed by atoms with Crippen molar-refractivity contribution in [3.8, 4) is 0 Å². The fourth-order valence-corrected chi connectivity index (χ4v) is 4.41. The first-order valence-electron chi connectivity index (χ1n) is 14.8. The Balaban J connectivity index is 2.64. The van der Waals surface area contributed by atoms with Gasteiger partial charge in [0.25, 0.3) is 0 Å². The van der Waals surface area contributed by atoms with Crippen molar-refractivity contribution in [2.75, 3.05) is 6.61 Å². The van der Waals surface area contributed by atoms with E-state index >= 15 is 0 Å². The van der Waals surface area contributed by atoms with Crippen LogP contribution in [0.15, 0.2) is 154 Å². The Morgan fingerprint density at radius 3 is 1.59 bits per heavy atom. The summed E-state index contributed by atoms with van der Waals surface area (Å²) in [6, 6.07) is 0. The Labute approximate surface area is 252 Å². The molecular formula is C40H54O. The summed E-state index contributed by atoms with van der Waals surface area (Å²) in [7, 11) is 0. The molecule has 0 spiro atoms. The molecule has 1 rings (SSSR count). The lowest BCUT2D eigenvalue weighted by Gasteiger charge is -2.32. The van der Waals surface area contributed by atoms with E-state index in [1.807, 2.05) is 36.5 Å². The first-order chi connectivity index (χ1) is 19.4. The number of rotatable bonds is 13. The van der Waals surface area contributed by atoms with E-state index in [2.05, 4.69) is 135 Å². The van der Waals surface area contributed by atoms with E-state index in [9.17, 15) is 5.11 Å². The van der Waals surface area contributed by atoms with Crippen LogP contribution in [0.4, 0.5) is 0 Å². The third-order valence-electron chi connectivity index (χ3n) is 6.91. The zero-order valence-electron chi connectivity index (χ0n) is 27.2. The molecule has 41 heavy (non-hydrogen) atoms. The molecule has 0 aromatic heterocycles. The molecular weight excluding hydrogens is 496 g/mol. The van der Waals surface area contributed by atoms with Gasteiger partial charge in [-0.05, 0) is 84.3 Å². The maximum atomic E-state index is 9.49. The van der Waals surface area contributed by atoms with E-state index in [0.717, 1.165) is 11.1 Å². The van der Waals surface area contributed by atoms with E-state index < -0.39 is 0 Å². The molecule has 1 nitrogen and oxygen atoms in total. The molecule has 1 aliphatic carbocycles. The second kappa shape index (κ2) is 19.6. The average molecular weight is 551 g/mol. The molecule has 0 saturated carbocycles. The van der Waals surface area contributed by atoms with E-state index in [0.29, 0.717) is 0 Å². The summed E-state index contributed by atoms with van der Waals surface area (Å²) < 4.78 is 0. The molecule has 0 saturated heterocycles. The van der Waals surface area contributed by atoms with Crippen LogP contribution in [0.3, 0.4) is 0 Å². The highest BCUT2D eigenvalue weighted by Crippen LogP contribution is 2.40. The number of aliphatic hydroxyl groups excluding tert-OH is 1. The van der Waals surface area contributed by atoms with Crippen LogP contribution >= 0.6 is 0 Å². The zero-order valence-corrected chi connectivity index (χ0v) is 27.2. The van der Waals surface area contributed by atoms with E-state index in [4.69, 9.17) is 0 Å². The van der Waals surface area contributed by atoms with Crippen LogP contribution in [-0.2, 0) is 0 Å². The highest BCUT2D eigenvalue weighted by atomic mass is 16.3. The fourth-order valence-electron chi connectivity index (χ4n) is 4.41. The highest BCUT2D eigenvalue weighted by molar-refractivity contribution is 5.37. The normalized spacial score (nSPS) is 18.5. The molecule has 1 heteroatoms. The van der Waals surface area contributed by atoms with E-state index in [-0.39, 0.29) is 12.0 Å². The SMILES string of the molecule is CC(C)=CC=C/C(=C/C=C/C(C)=C/C=C/C(C)=C/C=C/C=C(C)/C=C/C=C(C)/C=C/C1=C(C)CCCC1(C)C)CO. The Morgan fingerprint density at radius 2 is 1.10 bits per heavy atom. The van der Waals surface area contributed by atoms with Gasteiger partial charge in [-0.25, -0.2) is 0 Å². The summed E-state index contributed by atoms with van der Waals surface area (Å²) in [5.74, 6) is 0. The first-order valence-corrected chi connectivity index (χ1v) is 14.8. The van der Waals surface area contributed by atoms with Crippen molar-refractivity contribution in [1.82, 2.24) is 0 Å². The van der Waals surface area contributed by atoms with Gasteiger partial charge in [0.2, 0.25) is 0 Å². The van der Waals surface area contributed by atoms with Crippen molar-refractivity contribution in [3.05, 3.63) is 154 Å². The Morgan fingerprint density at radius 1 is 0.634 bits per heavy atom. The van der Waals surface area contributed by atoms with Crippen molar-refractivity contribution >= 4 is 0 Å². The van der Waals surface area contributed by atoms with Gasteiger partial charge in [0.1, 0.15) is 0 Å². The molecule has 1 aliphatic rings. The highest BCUT2D eigenvalue weighted by Gasteiger charge is 2.26. The summed E-state index contributed by atoms with van der Waals surface area (Å²) in [4.78, 5) is 0.